The van der Waals surface area contributed by atoms with Crippen LogP contribution in [0.1, 0.15) is 42.6 Å². The van der Waals surface area contributed by atoms with Gasteiger partial charge in [0.1, 0.15) is 5.69 Å². The van der Waals surface area contributed by atoms with Gasteiger partial charge in [0.2, 0.25) is 0 Å². The lowest BCUT2D eigenvalue weighted by Crippen LogP contribution is -2.16. The number of hydrogen-bond donors (Lipinski definition) is 0. The molecule has 2 aliphatic rings. The lowest BCUT2D eigenvalue weighted by Gasteiger charge is -2.20. The number of fused-ring (bicyclic) bond motifs is 2. The van der Waals surface area contributed by atoms with Gasteiger partial charge in [0, 0.05) is 12.6 Å². The molecule has 0 aromatic carbocycles. The molecule has 90 valence electrons. The molecule has 1 heterocycles. The topological polar surface area (TPSA) is 30.0 Å². The van der Waals surface area contributed by atoms with E-state index in [1.54, 1.807) is 18.3 Å². The molecule has 2 saturated carbocycles. The largest absolute Gasteiger partial charge is 0.292 e. The molecule has 0 saturated heterocycles. The van der Waals surface area contributed by atoms with Crippen LogP contribution in [0.3, 0.4) is 0 Å². The van der Waals surface area contributed by atoms with Gasteiger partial charge in [-0.1, -0.05) is 18.0 Å². The van der Waals surface area contributed by atoms with Crippen LogP contribution in [0, 0.1) is 17.8 Å². The fourth-order valence-electron chi connectivity index (χ4n) is 3.55. The molecule has 3 unspecified atom stereocenters. The first kappa shape index (κ1) is 11.2. The summed E-state index contributed by atoms with van der Waals surface area (Å²) < 4.78 is 0. The molecule has 0 spiro atoms. The Hall–Kier alpha value is -0.890. The first-order valence-electron chi connectivity index (χ1n) is 6.37. The second kappa shape index (κ2) is 4.41. The molecule has 3 atom stereocenters. The van der Waals surface area contributed by atoms with Crippen molar-refractivity contribution in [3.05, 3.63) is 29.0 Å². The van der Waals surface area contributed by atoms with Crippen LogP contribution in [0.15, 0.2) is 18.3 Å². The third-order valence-corrected chi connectivity index (χ3v) is 4.66. The number of ketones is 1. The first-order chi connectivity index (χ1) is 8.24. The highest BCUT2D eigenvalue weighted by Gasteiger charge is 2.40. The summed E-state index contributed by atoms with van der Waals surface area (Å²) in [5.41, 5.74) is 0.456. The predicted octanol–water partition coefficient (Wildman–Crippen LogP) is 3.74. The van der Waals surface area contributed by atoms with Crippen LogP contribution in [0.4, 0.5) is 0 Å². The Bertz CT molecular complexity index is 446. The number of rotatable bonds is 3. The van der Waals surface area contributed by atoms with Gasteiger partial charge in [-0.3, -0.25) is 9.78 Å². The molecule has 0 radical (unpaired) electrons. The van der Waals surface area contributed by atoms with Gasteiger partial charge in [-0.15, -0.1) is 0 Å². The molecule has 17 heavy (non-hydrogen) atoms. The summed E-state index contributed by atoms with van der Waals surface area (Å²) in [6.45, 7) is 0. The quantitative estimate of drug-likeness (QED) is 0.764. The summed E-state index contributed by atoms with van der Waals surface area (Å²) in [6, 6.07) is 3.50. The van der Waals surface area contributed by atoms with Crippen molar-refractivity contribution in [1.82, 2.24) is 4.98 Å². The summed E-state index contributed by atoms with van der Waals surface area (Å²) >= 11 is 6.00. The van der Waals surface area contributed by atoms with Gasteiger partial charge < -0.3 is 0 Å². The van der Waals surface area contributed by atoms with Crippen molar-refractivity contribution in [2.75, 3.05) is 0 Å². The molecule has 2 aliphatic carbocycles. The summed E-state index contributed by atoms with van der Waals surface area (Å²) in [7, 11) is 0. The third-order valence-electron chi connectivity index (χ3n) is 4.35. The van der Waals surface area contributed by atoms with Gasteiger partial charge in [0.15, 0.2) is 5.78 Å². The maximum Gasteiger partial charge on any atom is 0.182 e. The zero-order valence-electron chi connectivity index (χ0n) is 9.73. The Morgan fingerprint density at radius 1 is 1.41 bits per heavy atom. The predicted molar refractivity (Wildman–Crippen MR) is 67.1 cm³/mol. The average Bonchev–Trinajstić information content (AvgIpc) is 2.91. The van der Waals surface area contributed by atoms with E-state index in [0.29, 0.717) is 23.1 Å². The summed E-state index contributed by atoms with van der Waals surface area (Å²) in [6.07, 6.45) is 7.55. The maximum absolute atomic E-state index is 12.2. The van der Waals surface area contributed by atoms with Gasteiger partial charge >= 0.3 is 0 Å². The van der Waals surface area contributed by atoms with E-state index in [2.05, 4.69) is 4.98 Å². The lowest BCUT2D eigenvalue weighted by atomic mass is 9.85. The van der Waals surface area contributed by atoms with Gasteiger partial charge in [0.05, 0.1) is 5.02 Å². The molecule has 1 aromatic rings. The lowest BCUT2D eigenvalue weighted by molar-refractivity contribution is 0.0939. The monoisotopic (exact) mass is 249 g/mol. The molecule has 1 aromatic heterocycles. The van der Waals surface area contributed by atoms with Crippen molar-refractivity contribution in [3.63, 3.8) is 0 Å². The zero-order chi connectivity index (χ0) is 11.8. The summed E-state index contributed by atoms with van der Waals surface area (Å²) in [5.74, 6) is 2.37. The Labute approximate surface area is 106 Å². The second-order valence-corrected chi connectivity index (χ2v) is 5.80. The summed E-state index contributed by atoms with van der Waals surface area (Å²) in [4.78, 5) is 16.3. The minimum atomic E-state index is 0.119. The van der Waals surface area contributed by atoms with E-state index in [9.17, 15) is 4.79 Å². The Balaban J connectivity index is 1.70. The number of Topliss-reactive ketones (excluding diaryl/α,β-unsaturated/α-hetero) is 1. The van der Waals surface area contributed by atoms with E-state index >= 15 is 0 Å². The number of carbonyl (C=O) groups is 1. The van der Waals surface area contributed by atoms with Gasteiger partial charge in [0.25, 0.3) is 0 Å². The number of hydrogen-bond acceptors (Lipinski definition) is 2. The van der Waals surface area contributed by atoms with Gasteiger partial charge in [-0.25, -0.2) is 0 Å². The van der Waals surface area contributed by atoms with Gasteiger partial charge in [-0.05, 0) is 49.1 Å². The maximum atomic E-state index is 12.2. The molecule has 3 heteroatoms. The number of carbonyl (C=O) groups excluding carboxylic acids is 1. The molecular formula is C14H16ClNO. The van der Waals surface area contributed by atoms with Gasteiger partial charge in [-0.2, -0.15) is 0 Å². The second-order valence-electron chi connectivity index (χ2n) is 5.40. The van der Waals surface area contributed by atoms with E-state index in [4.69, 9.17) is 11.6 Å². The van der Waals surface area contributed by atoms with Crippen LogP contribution < -0.4 is 0 Å². The highest BCUT2D eigenvalue weighted by molar-refractivity contribution is 6.33. The third kappa shape index (κ3) is 2.11. The van der Waals surface area contributed by atoms with Crippen molar-refractivity contribution in [2.45, 2.75) is 32.1 Å². The van der Waals surface area contributed by atoms with Crippen molar-refractivity contribution in [2.24, 2.45) is 17.8 Å². The Morgan fingerprint density at radius 2 is 2.29 bits per heavy atom. The van der Waals surface area contributed by atoms with Crippen molar-refractivity contribution < 1.29 is 4.79 Å². The molecule has 2 nitrogen and oxygen atoms in total. The molecule has 2 bridgehead atoms. The van der Waals surface area contributed by atoms with Crippen molar-refractivity contribution in [3.8, 4) is 0 Å². The van der Waals surface area contributed by atoms with Crippen LogP contribution >= 0.6 is 11.6 Å². The molecule has 0 N–H and O–H groups in total. The van der Waals surface area contributed by atoms with Crippen LogP contribution in [0.5, 0.6) is 0 Å². The van der Waals surface area contributed by atoms with Crippen LogP contribution in [0.2, 0.25) is 5.02 Å². The van der Waals surface area contributed by atoms with Crippen molar-refractivity contribution >= 4 is 17.4 Å². The zero-order valence-corrected chi connectivity index (χ0v) is 10.5. The minimum Gasteiger partial charge on any atom is -0.292 e. The number of halogens is 1. The molecular weight excluding hydrogens is 234 g/mol. The smallest absolute Gasteiger partial charge is 0.182 e. The minimum absolute atomic E-state index is 0.119. The van der Waals surface area contributed by atoms with E-state index in [-0.39, 0.29) is 5.78 Å². The van der Waals surface area contributed by atoms with E-state index in [1.165, 1.54) is 25.7 Å². The standard InChI is InChI=1S/C14H16ClNO/c15-12-2-1-5-16-14(12)13(17)8-11-7-9-3-4-10(11)6-9/h1-2,5,9-11H,3-4,6-8H2. The van der Waals surface area contributed by atoms with E-state index in [1.807, 2.05) is 0 Å². The Kier molecular flexibility index (Phi) is 2.91. The average molecular weight is 250 g/mol. The molecule has 0 amide bonds. The normalized spacial score (nSPS) is 30.8. The highest BCUT2D eigenvalue weighted by atomic mass is 35.5. The fraction of sp³-hybridized carbons (Fsp3) is 0.571. The van der Waals surface area contributed by atoms with Crippen LogP contribution in [-0.2, 0) is 0 Å². The summed E-state index contributed by atoms with van der Waals surface area (Å²) in [5, 5.41) is 0.487. The fourth-order valence-corrected chi connectivity index (χ4v) is 3.78. The van der Waals surface area contributed by atoms with Crippen molar-refractivity contribution in [1.29, 1.82) is 0 Å². The first-order valence-corrected chi connectivity index (χ1v) is 6.75. The molecule has 2 fully saturated rings. The highest BCUT2D eigenvalue weighted by Crippen LogP contribution is 2.49. The molecule has 0 aliphatic heterocycles. The number of aromatic nitrogens is 1. The van der Waals surface area contributed by atoms with E-state index in [0.717, 1.165) is 11.8 Å². The molecule has 3 rings (SSSR count). The van der Waals surface area contributed by atoms with E-state index < -0.39 is 0 Å². The number of nitrogens with zero attached hydrogens (tertiary/aromatic N) is 1. The SMILES string of the molecule is O=C(CC1CC2CCC1C2)c1ncccc1Cl. The Morgan fingerprint density at radius 3 is 2.94 bits per heavy atom. The number of pyridine rings is 1. The van der Waals surface area contributed by atoms with Crippen LogP contribution in [0.25, 0.3) is 0 Å². The van der Waals surface area contributed by atoms with Crippen LogP contribution in [-0.4, -0.2) is 10.8 Å².